The maximum atomic E-state index is 5.25. The molecule has 0 radical (unpaired) electrons. The summed E-state index contributed by atoms with van der Waals surface area (Å²) >= 11 is 0.847. The van der Waals surface area contributed by atoms with E-state index in [9.17, 15) is 0 Å². The minimum atomic E-state index is 0. The summed E-state index contributed by atoms with van der Waals surface area (Å²) < 4.78 is 0. The molecule has 0 aliphatic carbocycles. The molecule has 0 aromatic carbocycles. The number of halogens is 2. The molecular formula is C2HCl2LiZn. The van der Waals surface area contributed by atoms with Crippen LogP contribution < -0.4 is 31.3 Å². The first-order chi connectivity index (χ1) is 2.00. The zero-order chi connectivity index (χ0) is 4.00. The quantitative estimate of drug-likeness (QED) is 0.193. The fraction of sp³-hybridized carbons (Fsp3) is 0. The van der Waals surface area contributed by atoms with Crippen molar-refractivity contribution in [3.05, 3.63) is 6.42 Å². The summed E-state index contributed by atoms with van der Waals surface area (Å²) in [6.45, 7) is 0. The number of hydrogen-bond acceptors (Lipinski definition) is 0. The smallest absolute Gasteiger partial charge is 1.00 e. The minimum Gasteiger partial charge on any atom is 1.00 e. The first-order valence-electron chi connectivity index (χ1n) is 0.556. The van der Waals surface area contributed by atoms with Gasteiger partial charge in [-0.2, -0.15) is 0 Å². The summed E-state index contributed by atoms with van der Waals surface area (Å²) in [6.07, 6.45) is 9.00. The molecule has 0 N–H and O–H groups in total. The number of rotatable bonds is 0. The molecular weight excluding hydrogens is 167 g/mol. The van der Waals surface area contributed by atoms with Gasteiger partial charge in [-0.15, -0.1) is 0 Å². The van der Waals surface area contributed by atoms with Gasteiger partial charge in [-0.05, 0) is 0 Å². The van der Waals surface area contributed by atoms with Gasteiger partial charge in [0.15, 0.2) is 0 Å². The van der Waals surface area contributed by atoms with Crippen molar-refractivity contribution >= 4 is 9.69 Å². The summed E-state index contributed by atoms with van der Waals surface area (Å²) in [7, 11) is 4.76. The molecule has 4 heteroatoms. The Morgan fingerprint density at radius 1 is 1.33 bits per heavy atom. The molecule has 0 spiro atoms. The second kappa shape index (κ2) is 98.7. The predicted octanol–water partition coefficient (Wildman–Crippen LogP) is -5.10. The van der Waals surface area contributed by atoms with E-state index >= 15 is 0 Å². The largest absolute Gasteiger partial charge is 1.00 e. The van der Waals surface area contributed by atoms with Gasteiger partial charge in [-0.3, -0.25) is 0 Å². The summed E-state index contributed by atoms with van der Waals surface area (Å²) in [5.41, 5.74) is 0. The van der Waals surface area contributed by atoms with E-state index < -0.39 is 0 Å². The molecule has 0 nitrogen and oxygen atoms in total. The van der Waals surface area contributed by atoms with Crippen molar-refractivity contribution in [3.63, 3.8) is 0 Å². The Kier molecular flexibility index (Phi) is 434. The Morgan fingerprint density at radius 3 is 1.33 bits per heavy atom. The first-order valence-corrected chi connectivity index (χ1v) is 4.45. The van der Waals surface area contributed by atoms with Crippen molar-refractivity contribution in [3.8, 4) is 6.42 Å². The van der Waals surface area contributed by atoms with Crippen LogP contribution in [0.5, 0.6) is 0 Å². The van der Waals surface area contributed by atoms with Crippen molar-refractivity contribution in [1.82, 2.24) is 0 Å². The van der Waals surface area contributed by atoms with Gasteiger partial charge in [0, 0.05) is 0 Å². The number of hydrogen-bond donors (Lipinski definition) is 0. The average molecular weight is 168 g/mol. The Hall–Kier alpha value is 1.36. The van der Waals surface area contributed by atoms with E-state index in [1.807, 2.05) is 0 Å². The molecule has 0 unspecified atom stereocenters. The van der Waals surface area contributed by atoms with Crippen LogP contribution in [0.4, 0.5) is 0 Å². The average Bonchev–Trinajstić information content (AvgIpc) is 1.50. The van der Waals surface area contributed by atoms with Crippen LogP contribution in [0.25, 0.3) is 0 Å². The van der Waals surface area contributed by atoms with E-state index in [2.05, 4.69) is 6.42 Å². The fourth-order valence-corrected chi connectivity index (χ4v) is 0. The normalized spacial score (nSPS) is 1.50. The predicted molar refractivity (Wildman–Crippen MR) is 14.0 cm³/mol. The molecule has 6 heavy (non-hydrogen) atoms. The van der Waals surface area contributed by atoms with Gasteiger partial charge in [0.2, 0.25) is 0 Å². The molecule has 0 fully saturated rings. The van der Waals surface area contributed by atoms with Crippen LogP contribution in [0.1, 0.15) is 0 Å². The Bertz CT molecular complexity index is 16.3. The minimum absolute atomic E-state index is 0. The summed E-state index contributed by atoms with van der Waals surface area (Å²) in [5.74, 6) is 0. The second-order valence-electron chi connectivity index (χ2n) is 0. The summed E-state index contributed by atoms with van der Waals surface area (Å²) in [4.78, 5) is 0. The van der Waals surface area contributed by atoms with Crippen LogP contribution in [0.3, 0.4) is 0 Å². The Morgan fingerprint density at radius 2 is 1.33 bits per heavy atom. The molecule has 0 atom stereocenters. The van der Waals surface area contributed by atoms with E-state index in [1.54, 1.807) is 0 Å². The third-order valence-electron chi connectivity index (χ3n) is 0. The third-order valence-corrected chi connectivity index (χ3v) is 0. The summed E-state index contributed by atoms with van der Waals surface area (Å²) in [5, 5.41) is 0. The van der Waals surface area contributed by atoms with Gasteiger partial charge in [0.05, 0.1) is 0 Å². The van der Waals surface area contributed by atoms with Crippen LogP contribution in [0.15, 0.2) is 0 Å². The van der Waals surface area contributed by atoms with Gasteiger partial charge in [0.1, 0.15) is 0 Å². The molecule has 0 bridgehead atoms. The SMILES string of the molecule is [C-]#C.[Cl-].[Cl][Zn+].[Li+]. The summed E-state index contributed by atoms with van der Waals surface area (Å²) in [6, 6.07) is 0. The van der Waals surface area contributed by atoms with E-state index in [4.69, 9.17) is 16.1 Å². The molecule has 26 valence electrons. The van der Waals surface area contributed by atoms with Crippen LogP contribution in [-0.4, -0.2) is 0 Å². The Labute approximate surface area is 70.7 Å². The van der Waals surface area contributed by atoms with Gasteiger partial charge in [-0.1, -0.05) is 0 Å². The van der Waals surface area contributed by atoms with Gasteiger partial charge in [0.25, 0.3) is 0 Å². The maximum Gasteiger partial charge on any atom is 1.00 e. The van der Waals surface area contributed by atoms with Crippen molar-refractivity contribution in [2.45, 2.75) is 0 Å². The van der Waals surface area contributed by atoms with Gasteiger partial charge < -0.3 is 25.3 Å². The third kappa shape index (κ3) is 55.1. The fourth-order valence-electron chi connectivity index (χ4n) is 0. The Balaban J connectivity index is -0.00000000500. The van der Waals surface area contributed by atoms with Crippen molar-refractivity contribution < 1.29 is 48.6 Å². The van der Waals surface area contributed by atoms with E-state index in [1.165, 1.54) is 0 Å². The molecule has 0 rings (SSSR count). The van der Waals surface area contributed by atoms with E-state index in [-0.39, 0.29) is 31.3 Å². The monoisotopic (exact) mass is 166 g/mol. The van der Waals surface area contributed by atoms with Crippen molar-refractivity contribution in [2.75, 3.05) is 0 Å². The molecule has 0 saturated carbocycles. The topological polar surface area (TPSA) is 0 Å². The van der Waals surface area contributed by atoms with E-state index in [0.717, 1.165) is 17.3 Å². The second-order valence-corrected chi connectivity index (χ2v) is 0. The zero-order valence-electron chi connectivity index (χ0n) is 3.54. The van der Waals surface area contributed by atoms with Crippen LogP contribution >= 0.6 is 9.69 Å². The van der Waals surface area contributed by atoms with Crippen LogP contribution in [0.2, 0.25) is 0 Å². The molecule has 0 aromatic rings. The standard InChI is InChI=1S/C2H.2ClH.Li.Zn/c1-2;;;;/h1H;2*1H;;/q-1;;;+1;+2/p-2. The van der Waals surface area contributed by atoms with Crippen LogP contribution in [-0.2, 0) is 17.3 Å². The van der Waals surface area contributed by atoms with Gasteiger partial charge in [-0.25, -0.2) is 0 Å². The molecule has 0 aliphatic rings. The first kappa shape index (κ1) is 26.4. The molecule has 0 saturated heterocycles. The molecule has 0 aromatic heterocycles. The zero-order valence-corrected chi connectivity index (χ0v) is 8.02. The van der Waals surface area contributed by atoms with Gasteiger partial charge >= 0.3 is 45.9 Å². The van der Waals surface area contributed by atoms with Crippen molar-refractivity contribution in [1.29, 1.82) is 0 Å². The molecule has 0 amide bonds. The van der Waals surface area contributed by atoms with Crippen LogP contribution in [0, 0.1) is 12.8 Å². The molecule has 0 aliphatic heterocycles. The van der Waals surface area contributed by atoms with Crippen molar-refractivity contribution in [2.24, 2.45) is 0 Å². The number of terminal acetylenes is 1. The van der Waals surface area contributed by atoms with E-state index in [0.29, 0.717) is 0 Å². The maximum absolute atomic E-state index is 5.25. The molecule has 0 heterocycles.